The third kappa shape index (κ3) is 4.05. The lowest BCUT2D eigenvalue weighted by Gasteiger charge is -2.43. The van der Waals surface area contributed by atoms with Crippen molar-refractivity contribution in [2.75, 3.05) is 26.7 Å². The summed E-state index contributed by atoms with van der Waals surface area (Å²) in [5.41, 5.74) is 1.22. The van der Waals surface area contributed by atoms with Crippen molar-refractivity contribution in [3.05, 3.63) is 21.9 Å². The average Bonchev–Trinajstić information content (AvgIpc) is 2.94. The molecule has 1 aromatic rings. The second-order valence-electron chi connectivity index (χ2n) is 5.94. The molecule has 0 radical (unpaired) electrons. The molecule has 0 saturated carbocycles. The Labute approximate surface area is 131 Å². The van der Waals surface area contributed by atoms with E-state index in [4.69, 9.17) is 4.74 Å². The molecule has 5 heteroatoms. The van der Waals surface area contributed by atoms with E-state index in [0.717, 1.165) is 26.2 Å². The van der Waals surface area contributed by atoms with Gasteiger partial charge in [-0.05, 0) is 37.3 Å². The Hall–Kier alpha value is -0.910. The number of piperazine rings is 1. The number of methoxy groups -OCH3 is 1. The smallest absolute Gasteiger partial charge is 0.348 e. The Kier molecular flexibility index (Phi) is 5.79. The molecule has 0 aliphatic carbocycles. The van der Waals surface area contributed by atoms with Gasteiger partial charge in [0.2, 0.25) is 0 Å². The summed E-state index contributed by atoms with van der Waals surface area (Å²) in [6.45, 7) is 11.1. The summed E-state index contributed by atoms with van der Waals surface area (Å²) in [4.78, 5) is 17.3. The summed E-state index contributed by atoms with van der Waals surface area (Å²) < 4.78 is 4.77. The first-order valence-electron chi connectivity index (χ1n) is 7.69. The number of nitrogens with zero attached hydrogens (tertiary/aromatic N) is 2. The first-order valence-corrected chi connectivity index (χ1v) is 8.57. The van der Waals surface area contributed by atoms with Crippen molar-refractivity contribution in [3.8, 4) is 0 Å². The fraction of sp³-hybridized carbons (Fsp3) is 0.688. The van der Waals surface area contributed by atoms with Crippen molar-refractivity contribution in [1.82, 2.24) is 9.80 Å². The van der Waals surface area contributed by atoms with E-state index in [1.807, 2.05) is 6.07 Å². The zero-order valence-electron chi connectivity index (χ0n) is 13.5. The molecule has 0 N–H and O–H groups in total. The van der Waals surface area contributed by atoms with E-state index >= 15 is 0 Å². The molecule has 1 aliphatic rings. The highest BCUT2D eigenvalue weighted by atomic mass is 32.1. The van der Waals surface area contributed by atoms with Crippen LogP contribution in [0.15, 0.2) is 11.4 Å². The molecule has 1 aromatic heterocycles. The monoisotopic (exact) mass is 310 g/mol. The third-order valence-electron chi connectivity index (χ3n) is 4.19. The van der Waals surface area contributed by atoms with Crippen molar-refractivity contribution in [2.45, 2.75) is 45.8 Å². The molecule has 118 valence electrons. The predicted molar refractivity (Wildman–Crippen MR) is 86.9 cm³/mol. The van der Waals surface area contributed by atoms with Gasteiger partial charge in [0.25, 0.3) is 0 Å². The van der Waals surface area contributed by atoms with Gasteiger partial charge in [-0.15, -0.1) is 11.3 Å². The van der Waals surface area contributed by atoms with Gasteiger partial charge in [0.1, 0.15) is 4.88 Å². The lowest BCUT2D eigenvalue weighted by atomic mass is 10.1. The van der Waals surface area contributed by atoms with E-state index in [-0.39, 0.29) is 5.97 Å². The molecule has 1 fully saturated rings. The number of esters is 1. The van der Waals surface area contributed by atoms with E-state index in [1.54, 1.807) is 0 Å². The van der Waals surface area contributed by atoms with Crippen LogP contribution in [0.4, 0.5) is 0 Å². The van der Waals surface area contributed by atoms with Crippen LogP contribution >= 0.6 is 11.3 Å². The van der Waals surface area contributed by atoms with Crippen molar-refractivity contribution >= 4 is 17.3 Å². The van der Waals surface area contributed by atoms with E-state index in [2.05, 4.69) is 36.0 Å². The van der Waals surface area contributed by atoms with Crippen LogP contribution < -0.4 is 0 Å². The van der Waals surface area contributed by atoms with Crippen LogP contribution in [0.3, 0.4) is 0 Å². The molecule has 1 saturated heterocycles. The second-order valence-corrected chi connectivity index (χ2v) is 6.85. The lowest BCUT2D eigenvalue weighted by molar-refractivity contribution is 0.0457. The summed E-state index contributed by atoms with van der Waals surface area (Å²) >= 11 is 1.47. The molecule has 21 heavy (non-hydrogen) atoms. The van der Waals surface area contributed by atoms with Crippen LogP contribution in [0.2, 0.25) is 0 Å². The second kappa shape index (κ2) is 7.38. The Balaban J connectivity index is 1.95. The summed E-state index contributed by atoms with van der Waals surface area (Å²) in [6, 6.07) is 3.22. The molecule has 0 bridgehead atoms. The standard InChI is InChI=1S/C16H26N2O2S/c1-5-14-10-17(6-7-18(14)12(2)3)9-13-8-15(21-11-13)16(19)20-4/h8,11-12,14H,5-7,9-10H2,1-4H3. The van der Waals surface area contributed by atoms with Crippen molar-refractivity contribution in [2.24, 2.45) is 0 Å². The predicted octanol–water partition coefficient (Wildman–Crippen LogP) is 2.84. The molecule has 0 spiro atoms. The lowest BCUT2D eigenvalue weighted by Crippen LogP contribution is -2.54. The first-order chi connectivity index (χ1) is 10.0. The van der Waals surface area contributed by atoms with E-state index in [1.165, 1.54) is 30.4 Å². The van der Waals surface area contributed by atoms with Crippen LogP contribution in [0.5, 0.6) is 0 Å². The van der Waals surface area contributed by atoms with Crippen LogP contribution in [-0.4, -0.2) is 54.6 Å². The largest absolute Gasteiger partial charge is 0.465 e. The molecule has 2 heterocycles. The number of hydrogen-bond donors (Lipinski definition) is 0. The quantitative estimate of drug-likeness (QED) is 0.783. The fourth-order valence-electron chi connectivity index (χ4n) is 3.05. The number of carbonyl (C=O) groups excluding carboxylic acids is 1. The maximum absolute atomic E-state index is 11.5. The fourth-order valence-corrected chi connectivity index (χ4v) is 3.86. The highest BCUT2D eigenvalue weighted by Crippen LogP contribution is 2.21. The zero-order chi connectivity index (χ0) is 15.4. The van der Waals surface area contributed by atoms with Gasteiger partial charge in [0.05, 0.1) is 7.11 Å². The number of ether oxygens (including phenoxy) is 1. The molecule has 4 nitrogen and oxygen atoms in total. The number of thiophene rings is 1. The minimum atomic E-state index is -0.234. The molecular formula is C16H26N2O2S. The van der Waals surface area contributed by atoms with Gasteiger partial charge in [-0.3, -0.25) is 9.80 Å². The maximum atomic E-state index is 11.5. The topological polar surface area (TPSA) is 32.8 Å². The Morgan fingerprint density at radius 3 is 2.86 bits per heavy atom. The van der Waals surface area contributed by atoms with Gasteiger partial charge in [0.15, 0.2) is 0 Å². The number of carbonyl (C=O) groups is 1. The number of hydrogen-bond acceptors (Lipinski definition) is 5. The van der Waals surface area contributed by atoms with Crippen LogP contribution in [0.25, 0.3) is 0 Å². The van der Waals surface area contributed by atoms with Gasteiger partial charge < -0.3 is 4.74 Å². The highest BCUT2D eigenvalue weighted by Gasteiger charge is 2.27. The van der Waals surface area contributed by atoms with Gasteiger partial charge in [-0.25, -0.2) is 4.79 Å². The Morgan fingerprint density at radius 2 is 2.24 bits per heavy atom. The summed E-state index contributed by atoms with van der Waals surface area (Å²) in [7, 11) is 1.43. The summed E-state index contributed by atoms with van der Waals surface area (Å²) in [6.07, 6.45) is 1.19. The summed E-state index contributed by atoms with van der Waals surface area (Å²) in [5.74, 6) is -0.234. The van der Waals surface area contributed by atoms with Crippen LogP contribution in [0.1, 0.15) is 42.4 Å². The Morgan fingerprint density at radius 1 is 1.48 bits per heavy atom. The average molecular weight is 310 g/mol. The molecular weight excluding hydrogens is 284 g/mol. The number of rotatable bonds is 5. The third-order valence-corrected chi connectivity index (χ3v) is 5.15. The van der Waals surface area contributed by atoms with E-state index < -0.39 is 0 Å². The highest BCUT2D eigenvalue weighted by molar-refractivity contribution is 7.12. The van der Waals surface area contributed by atoms with E-state index in [0.29, 0.717) is 17.0 Å². The van der Waals surface area contributed by atoms with Gasteiger partial charge in [-0.1, -0.05) is 6.92 Å². The van der Waals surface area contributed by atoms with Crippen molar-refractivity contribution in [1.29, 1.82) is 0 Å². The molecule has 2 rings (SSSR count). The Bertz CT molecular complexity index is 473. The van der Waals surface area contributed by atoms with Crippen molar-refractivity contribution < 1.29 is 9.53 Å². The van der Waals surface area contributed by atoms with Gasteiger partial charge in [-0.2, -0.15) is 0 Å². The SMILES string of the molecule is CCC1CN(Cc2csc(C(=O)OC)c2)CCN1C(C)C. The molecule has 1 aliphatic heterocycles. The maximum Gasteiger partial charge on any atom is 0.348 e. The normalized spacial score (nSPS) is 20.9. The minimum Gasteiger partial charge on any atom is -0.465 e. The van der Waals surface area contributed by atoms with Crippen molar-refractivity contribution in [3.63, 3.8) is 0 Å². The first kappa shape index (κ1) is 16.5. The van der Waals surface area contributed by atoms with E-state index in [9.17, 15) is 4.79 Å². The summed E-state index contributed by atoms with van der Waals surface area (Å²) in [5, 5.41) is 2.07. The van der Waals surface area contributed by atoms with Crippen LogP contribution in [-0.2, 0) is 11.3 Å². The molecule has 1 unspecified atom stereocenters. The molecule has 0 amide bonds. The zero-order valence-corrected chi connectivity index (χ0v) is 14.3. The minimum absolute atomic E-state index is 0.234. The van der Waals surface area contributed by atoms with Crippen LogP contribution in [0, 0.1) is 0 Å². The van der Waals surface area contributed by atoms with Gasteiger partial charge >= 0.3 is 5.97 Å². The molecule has 1 atom stereocenters. The molecule has 0 aromatic carbocycles. The van der Waals surface area contributed by atoms with Gasteiger partial charge in [0, 0.05) is 38.3 Å².